The molecule has 0 bridgehead atoms. The van der Waals surface area contributed by atoms with Gasteiger partial charge in [-0.1, -0.05) is 20.4 Å². The van der Waals surface area contributed by atoms with Gasteiger partial charge in [0, 0.05) is 11.5 Å². The Balaban J connectivity index is 4.08. The molecule has 0 heterocycles. The van der Waals surface area contributed by atoms with Crippen molar-refractivity contribution < 1.29 is 14.6 Å². The van der Waals surface area contributed by atoms with Gasteiger partial charge in [-0.3, -0.25) is 0 Å². The van der Waals surface area contributed by atoms with Crippen LogP contribution in [-0.2, 0) is 9.53 Å². The fourth-order valence-corrected chi connectivity index (χ4v) is 1.55. The molecule has 1 N–H and O–H groups in total. The maximum Gasteiger partial charge on any atom is 0.330 e. The van der Waals surface area contributed by atoms with Crippen LogP contribution in [0.4, 0.5) is 0 Å². The SMILES string of the molecule is C=CC(=O)OCC(C)(C)CC(C)(C)O. The van der Waals surface area contributed by atoms with Gasteiger partial charge in [0.25, 0.3) is 0 Å². The zero-order chi connectivity index (χ0) is 11.4. The first-order valence-electron chi connectivity index (χ1n) is 4.68. The van der Waals surface area contributed by atoms with Gasteiger partial charge in [0.2, 0.25) is 0 Å². The highest BCUT2D eigenvalue weighted by atomic mass is 16.5. The summed E-state index contributed by atoms with van der Waals surface area (Å²) in [5.74, 6) is -0.422. The summed E-state index contributed by atoms with van der Waals surface area (Å²) >= 11 is 0. The van der Waals surface area contributed by atoms with E-state index in [-0.39, 0.29) is 5.41 Å². The van der Waals surface area contributed by atoms with E-state index in [4.69, 9.17) is 4.74 Å². The Morgan fingerprint density at radius 3 is 2.29 bits per heavy atom. The van der Waals surface area contributed by atoms with Crippen molar-refractivity contribution in [1.82, 2.24) is 0 Å². The molecule has 3 heteroatoms. The maximum atomic E-state index is 10.8. The zero-order valence-corrected chi connectivity index (χ0v) is 9.46. The molecule has 0 aromatic carbocycles. The first-order valence-corrected chi connectivity index (χ1v) is 4.68. The van der Waals surface area contributed by atoms with Gasteiger partial charge in [-0.15, -0.1) is 0 Å². The molecule has 0 saturated carbocycles. The molecule has 14 heavy (non-hydrogen) atoms. The minimum absolute atomic E-state index is 0.225. The number of hydrogen-bond donors (Lipinski definition) is 1. The van der Waals surface area contributed by atoms with Crippen molar-refractivity contribution in [2.45, 2.75) is 39.7 Å². The number of rotatable bonds is 5. The lowest BCUT2D eigenvalue weighted by Gasteiger charge is -2.30. The Bertz CT molecular complexity index is 211. The highest BCUT2D eigenvalue weighted by Crippen LogP contribution is 2.27. The van der Waals surface area contributed by atoms with Gasteiger partial charge < -0.3 is 9.84 Å². The maximum absolute atomic E-state index is 10.8. The highest BCUT2D eigenvalue weighted by molar-refractivity contribution is 5.81. The highest BCUT2D eigenvalue weighted by Gasteiger charge is 2.27. The van der Waals surface area contributed by atoms with Gasteiger partial charge >= 0.3 is 5.97 Å². The van der Waals surface area contributed by atoms with E-state index in [0.29, 0.717) is 13.0 Å². The first-order chi connectivity index (χ1) is 6.16. The second kappa shape index (κ2) is 4.60. The number of ether oxygens (including phenoxy) is 1. The third-order valence-electron chi connectivity index (χ3n) is 1.68. The zero-order valence-electron chi connectivity index (χ0n) is 9.46. The van der Waals surface area contributed by atoms with Crippen LogP contribution in [0.5, 0.6) is 0 Å². The van der Waals surface area contributed by atoms with Gasteiger partial charge in [0.15, 0.2) is 0 Å². The third-order valence-corrected chi connectivity index (χ3v) is 1.68. The molecule has 0 aliphatic carbocycles. The van der Waals surface area contributed by atoms with Crippen molar-refractivity contribution in [3.63, 3.8) is 0 Å². The molecule has 0 fully saturated rings. The third kappa shape index (κ3) is 6.66. The van der Waals surface area contributed by atoms with Crippen molar-refractivity contribution in [3.8, 4) is 0 Å². The van der Waals surface area contributed by atoms with Crippen LogP contribution in [0.15, 0.2) is 12.7 Å². The second-order valence-electron chi connectivity index (χ2n) is 4.97. The van der Waals surface area contributed by atoms with Gasteiger partial charge in [0.1, 0.15) is 0 Å². The van der Waals surface area contributed by atoms with Crippen molar-refractivity contribution in [3.05, 3.63) is 12.7 Å². The number of esters is 1. The van der Waals surface area contributed by atoms with Gasteiger partial charge in [-0.25, -0.2) is 4.79 Å². The number of carbonyl (C=O) groups is 1. The molecule has 82 valence electrons. The Labute approximate surface area is 85.8 Å². The van der Waals surface area contributed by atoms with E-state index in [9.17, 15) is 9.90 Å². The predicted molar refractivity (Wildman–Crippen MR) is 55.9 cm³/mol. The van der Waals surface area contributed by atoms with Crippen molar-refractivity contribution in [2.24, 2.45) is 5.41 Å². The summed E-state index contributed by atoms with van der Waals surface area (Å²) in [6, 6.07) is 0. The van der Waals surface area contributed by atoms with Gasteiger partial charge in [-0.2, -0.15) is 0 Å². The largest absolute Gasteiger partial charge is 0.462 e. The van der Waals surface area contributed by atoms with E-state index in [1.807, 2.05) is 13.8 Å². The normalized spacial score (nSPS) is 12.4. The van der Waals surface area contributed by atoms with E-state index >= 15 is 0 Å². The van der Waals surface area contributed by atoms with Crippen LogP contribution >= 0.6 is 0 Å². The van der Waals surface area contributed by atoms with Crippen LogP contribution in [-0.4, -0.2) is 23.3 Å². The lowest BCUT2D eigenvalue weighted by molar-refractivity contribution is -0.141. The Hall–Kier alpha value is -0.830. The molecule has 0 saturated heterocycles. The summed E-state index contributed by atoms with van der Waals surface area (Å²) in [7, 11) is 0. The fraction of sp³-hybridized carbons (Fsp3) is 0.727. The molecule has 0 aromatic heterocycles. The topological polar surface area (TPSA) is 46.5 Å². The number of carbonyl (C=O) groups excluding carboxylic acids is 1. The molecular formula is C11H20O3. The molecule has 0 radical (unpaired) electrons. The molecule has 0 atom stereocenters. The summed E-state index contributed by atoms with van der Waals surface area (Å²) in [5.41, 5.74) is -0.971. The average molecular weight is 200 g/mol. The van der Waals surface area contributed by atoms with Crippen LogP contribution < -0.4 is 0 Å². The summed E-state index contributed by atoms with van der Waals surface area (Å²) < 4.78 is 4.93. The summed E-state index contributed by atoms with van der Waals surface area (Å²) in [6.45, 7) is 11.0. The van der Waals surface area contributed by atoms with E-state index in [0.717, 1.165) is 6.08 Å². The molecule has 0 rings (SSSR count). The smallest absolute Gasteiger partial charge is 0.330 e. The summed E-state index contributed by atoms with van der Waals surface area (Å²) in [4.78, 5) is 10.8. The summed E-state index contributed by atoms with van der Waals surface area (Å²) in [6.07, 6.45) is 1.71. The molecular weight excluding hydrogens is 180 g/mol. The van der Waals surface area contributed by atoms with E-state index in [2.05, 4.69) is 6.58 Å². The Morgan fingerprint density at radius 1 is 1.43 bits per heavy atom. The number of aliphatic hydroxyl groups is 1. The van der Waals surface area contributed by atoms with Crippen LogP contribution in [0.2, 0.25) is 0 Å². The minimum Gasteiger partial charge on any atom is -0.462 e. The first kappa shape index (κ1) is 13.2. The fourth-order valence-electron chi connectivity index (χ4n) is 1.55. The van der Waals surface area contributed by atoms with Crippen LogP contribution in [0.1, 0.15) is 34.1 Å². The lowest BCUT2D eigenvalue weighted by atomic mass is 9.82. The molecule has 3 nitrogen and oxygen atoms in total. The number of hydrogen-bond acceptors (Lipinski definition) is 3. The standard InChI is InChI=1S/C11H20O3/c1-6-9(12)14-8-10(2,3)7-11(4,5)13/h6,13H,1,7-8H2,2-5H3. The molecule has 0 aliphatic rings. The van der Waals surface area contributed by atoms with Crippen molar-refractivity contribution >= 4 is 5.97 Å². The van der Waals surface area contributed by atoms with Crippen LogP contribution in [0, 0.1) is 5.41 Å². The van der Waals surface area contributed by atoms with Gasteiger partial charge in [-0.05, 0) is 20.3 Å². The molecule has 0 unspecified atom stereocenters. The molecule has 0 amide bonds. The monoisotopic (exact) mass is 200 g/mol. The molecule has 0 aliphatic heterocycles. The minimum atomic E-state index is -0.746. The van der Waals surface area contributed by atoms with Crippen molar-refractivity contribution in [2.75, 3.05) is 6.61 Å². The predicted octanol–water partition coefficient (Wildman–Crippen LogP) is 1.90. The second-order valence-corrected chi connectivity index (χ2v) is 4.97. The molecule has 0 aromatic rings. The van der Waals surface area contributed by atoms with Gasteiger partial charge in [0.05, 0.1) is 12.2 Å². The quantitative estimate of drug-likeness (QED) is 0.544. The van der Waals surface area contributed by atoms with Crippen LogP contribution in [0.25, 0.3) is 0 Å². The van der Waals surface area contributed by atoms with Crippen LogP contribution in [0.3, 0.4) is 0 Å². The molecule has 0 spiro atoms. The average Bonchev–Trinajstić information content (AvgIpc) is 1.96. The Kier molecular flexibility index (Phi) is 4.33. The van der Waals surface area contributed by atoms with E-state index in [1.165, 1.54) is 0 Å². The Morgan fingerprint density at radius 2 is 1.93 bits per heavy atom. The van der Waals surface area contributed by atoms with E-state index in [1.54, 1.807) is 13.8 Å². The van der Waals surface area contributed by atoms with Crippen molar-refractivity contribution in [1.29, 1.82) is 0 Å². The van der Waals surface area contributed by atoms with E-state index < -0.39 is 11.6 Å². The summed E-state index contributed by atoms with van der Waals surface area (Å²) in [5, 5.41) is 9.62. The lowest BCUT2D eigenvalue weighted by Crippen LogP contribution is -2.32.